The molecule has 0 radical (unpaired) electrons. The topological polar surface area (TPSA) is 126 Å². The first kappa shape index (κ1) is 33.2. The highest BCUT2D eigenvalue weighted by Crippen LogP contribution is 2.52. The summed E-state index contributed by atoms with van der Waals surface area (Å²) in [5, 5.41) is 29.3. The second-order valence-electron chi connectivity index (χ2n) is 10.2. The van der Waals surface area contributed by atoms with Gasteiger partial charge < -0.3 is 20.6 Å². The molecule has 2 aromatic rings. The van der Waals surface area contributed by atoms with Crippen molar-refractivity contribution in [2.24, 2.45) is 0 Å². The highest BCUT2D eigenvalue weighted by atomic mass is 19.4. The lowest BCUT2D eigenvalue weighted by Gasteiger charge is -2.43. The molecular formula is C27H32F6N4O5. The molecule has 1 aliphatic carbocycles. The minimum atomic E-state index is -5.08. The Morgan fingerprint density at radius 2 is 1.38 bits per heavy atom. The summed E-state index contributed by atoms with van der Waals surface area (Å²) in [6.07, 6.45) is -4.67. The van der Waals surface area contributed by atoms with Crippen molar-refractivity contribution in [2.75, 3.05) is 39.3 Å². The lowest BCUT2D eigenvalue weighted by molar-refractivity contribution is -0.193. The largest absolute Gasteiger partial charge is 0.490 e. The van der Waals surface area contributed by atoms with Crippen molar-refractivity contribution < 1.29 is 51.3 Å². The van der Waals surface area contributed by atoms with Crippen LogP contribution in [-0.4, -0.2) is 99.8 Å². The maximum Gasteiger partial charge on any atom is 0.490 e. The number of carboxylic acids is 2. The highest BCUT2D eigenvalue weighted by molar-refractivity contribution is 5.73. The van der Waals surface area contributed by atoms with E-state index in [1.807, 2.05) is 12.4 Å². The monoisotopic (exact) mass is 606 g/mol. The molecule has 9 nitrogen and oxygen atoms in total. The molecule has 0 bridgehead atoms. The quantitative estimate of drug-likeness (QED) is 0.390. The van der Waals surface area contributed by atoms with Gasteiger partial charge in [-0.25, -0.2) is 9.59 Å². The van der Waals surface area contributed by atoms with E-state index in [1.165, 1.54) is 16.7 Å². The predicted octanol–water partition coefficient (Wildman–Crippen LogP) is 3.20. The Bertz CT molecular complexity index is 1160. The third-order valence-electron chi connectivity index (χ3n) is 7.62. The summed E-state index contributed by atoms with van der Waals surface area (Å²) >= 11 is 0. The summed E-state index contributed by atoms with van der Waals surface area (Å²) in [4.78, 5) is 27.0. The molecule has 2 aliphatic heterocycles. The smallest absolute Gasteiger partial charge is 0.475 e. The number of benzene rings is 1. The number of aliphatic hydroxyl groups excluding tert-OH is 1. The summed E-state index contributed by atoms with van der Waals surface area (Å²) < 4.78 is 63.5. The standard InChI is InChI=1S/C23H30N4O.2C2HF3O2/c28-22-21(19-3-1-2-4-20(19)23(22)7-11-25-12-8-23)27-15-13-26(14-16-27)17-18-5-9-24-10-6-18;2*3-2(4,5)1(6)7/h1-6,9-10,21-22,25,28H,7-8,11-17H2;2*(H,6,7)/t21-,22+;;/m1../s1. The number of pyridine rings is 1. The van der Waals surface area contributed by atoms with Gasteiger partial charge in [0.15, 0.2) is 0 Å². The van der Waals surface area contributed by atoms with Gasteiger partial charge in [0.2, 0.25) is 0 Å². The second kappa shape index (κ2) is 13.8. The van der Waals surface area contributed by atoms with Crippen LogP contribution in [-0.2, 0) is 21.5 Å². The zero-order chi connectivity index (χ0) is 31.1. The minimum absolute atomic E-state index is 0.0688. The molecule has 4 N–H and O–H groups in total. The SMILES string of the molecule is O=C(O)C(F)(F)F.O=C(O)C(F)(F)F.O[C@H]1[C@H](N2CCN(Cc3ccncc3)CC2)c2ccccc2C12CCNCC2. The van der Waals surface area contributed by atoms with Crippen LogP contribution in [0.4, 0.5) is 26.3 Å². The number of aromatic nitrogens is 1. The predicted molar refractivity (Wildman–Crippen MR) is 137 cm³/mol. The molecule has 15 heteroatoms. The molecule has 2 saturated heterocycles. The number of nitrogens with zero attached hydrogens (tertiary/aromatic N) is 3. The number of hydrogen-bond donors (Lipinski definition) is 4. The summed E-state index contributed by atoms with van der Waals surface area (Å²) in [7, 11) is 0. The van der Waals surface area contributed by atoms with Crippen LogP contribution in [0.15, 0.2) is 48.8 Å². The molecule has 3 aliphatic rings. The fourth-order valence-corrected chi connectivity index (χ4v) is 5.62. The molecule has 0 amide bonds. The van der Waals surface area contributed by atoms with Gasteiger partial charge in [0, 0.05) is 50.5 Å². The van der Waals surface area contributed by atoms with Crippen LogP contribution in [0, 0.1) is 0 Å². The molecule has 3 heterocycles. The van der Waals surface area contributed by atoms with Gasteiger partial charge in [0.05, 0.1) is 12.1 Å². The minimum Gasteiger partial charge on any atom is -0.475 e. The van der Waals surface area contributed by atoms with Crippen molar-refractivity contribution >= 4 is 11.9 Å². The Kier molecular flexibility index (Phi) is 10.9. The zero-order valence-corrected chi connectivity index (χ0v) is 22.4. The van der Waals surface area contributed by atoms with E-state index < -0.39 is 24.3 Å². The van der Waals surface area contributed by atoms with Gasteiger partial charge in [-0.15, -0.1) is 0 Å². The number of nitrogens with one attached hydrogen (secondary N) is 1. The number of fused-ring (bicyclic) bond motifs is 2. The van der Waals surface area contributed by atoms with E-state index >= 15 is 0 Å². The van der Waals surface area contributed by atoms with Gasteiger partial charge in [-0.1, -0.05) is 24.3 Å². The molecule has 0 unspecified atom stereocenters. The number of hydrogen-bond acceptors (Lipinski definition) is 7. The summed E-state index contributed by atoms with van der Waals surface area (Å²) in [5.41, 5.74) is 4.01. The highest BCUT2D eigenvalue weighted by Gasteiger charge is 2.53. The van der Waals surface area contributed by atoms with E-state index in [-0.39, 0.29) is 17.6 Å². The Balaban J connectivity index is 0.000000289. The first-order chi connectivity index (χ1) is 19.7. The average Bonchev–Trinajstić information content (AvgIpc) is 3.17. The van der Waals surface area contributed by atoms with Gasteiger partial charge in [-0.3, -0.25) is 14.8 Å². The van der Waals surface area contributed by atoms with Crippen LogP contribution in [0.2, 0.25) is 0 Å². The number of piperazine rings is 1. The number of alkyl halides is 6. The lowest BCUT2D eigenvalue weighted by atomic mass is 9.72. The van der Waals surface area contributed by atoms with Gasteiger partial charge in [0.25, 0.3) is 0 Å². The average molecular weight is 607 g/mol. The van der Waals surface area contributed by atoms with Gasteiger partial charge in [0.1, 0.15) is 0 Å². The third kappa shape index (κ3) is 8.18. The first-order valence-electron chi connectivity index (χ1n) is 13.1. The van der Waals surface area contributed by atoms with E-state index in [2.05, 4.69) is 56.5 Å². The fourth-order valence-electron chi connectivity index (χ4n) is 5.62. The van der Waals surface area contributed by atoms with Crippen LogP contribution < -0.4 is 5.32 Å². The van der Waals surface area contributed by atoms with E-state index in [0.717, 1.165) is 58.7 Å². The number of carbonyl (C=O) groups is 2. The van der Waals surface area contributed by atoms with Crippen molar-refractivity contribution in [1.82, 2.24) is 20.1 Å². The van der Waals surface area contributed by atoms with Crippen LogP contribution in [0.5, 0.6) is 0 Å². The third-order valence-corrected chi connectivity index (χ3v) is 7.62. The molecular weight excluding hydrogens is 574 g/mol. The van der Waals surface area contributed by atoms with E-state index in [4.69, 9.17) is 19.8 Å². The Morgan fingerprint density at radius 1 is 0.881 bits per heavy atom. The number of halogens is 6. The van der Waals surface area contributed by atoms with Crippen LogP contribution >= 0.6 is 0 Å². The Morgan fingerprint density at radius 3 is 1.88 bits per heavy atom. The molecule has 5 rings (SSSR count). The van der Waals surface area contributed by atoms with Crippen LogP contribution in [0.1, 0.15) is 35.6 Å². The molecule has 0 saturated carbocycles. The first-order valence-corrected chi connectivity index (χ1v) is 13.1. The van der Waals surface area contributed by atoms with Crippen molar-refractivity contribution in [1.29, 1.82) is 0 Å². The van der Waals surface area contributed by atoms with Crippen LogP contribution in [0.3, 0.4) is 0 Å². The number of piperidine rings is 1. The van der Waals surface area contributed by atoms with Gasteiger partial charge in [-0.05, 0) is 54.8 Å². The number of rotatable bonds is 3. The molecule has 1 aromatic heterocycles. The van der Waals surface area contributed by atoms with Crippen molar-refractivity contribution in [3.8, 4) is 0 Å². The molecule has 232 valence electrons. The summed E-state index contributed by atoms with van der Waals surface area (Å²) in [5.74, 6) is -5.51. The maximum absolute atomic E-state index is 11.5. The lowest BCUT2D eigenvalue weighted by Crippen LogP contribution is -2.52. The molecule has 2 fully saturated rings. The number of aliphatic carboxylic acids is 2. The molecule has 1 aromatic carbocycles. The fraction of sp³-hybridized carbons (Fsp3) is 0.519. The Labute approximate surface area is 237 Å². The zero-order valence-electron chi connectivity index (χ0n) is 22.4. The molecule has 42 heavy (non-hydrogen) atoms. The molecule has 2 atom stereocenters. The Hall–Kier alpha value is -3.27. The summed E-state index contributed by atoms with van der Waals surface area (Å²) in [6.45, 7) is 7.08. The maximum atomic E-state index is 11.5. The van der Waals surface area contributed by atoms with Crippen molar-refractivity contribution in [3.63, 3.8) is 0 Å². The van der Waals surface area contributed by atoms with Crippen LogP contribution in [0.25, 0.3) is 0 Å². The van der Waals surface area contributed by atoms with E-state index in [9.17, 15) is 31.4 Å². The van der Waals surface area contributed by atoms with Gasteiger partial charge >= 0.3 is 24.3 Å². The molecule has 1 spiro atoms. The number of carboxylic acid groups (broad SMARTS) is 2. The number of aliphatic hydroxyl groups is 1. The second-order valence-corrected chi connectivity index (χ2v) is 10.2. The van der Waals surface area contributed by atoms with E-state index in [1.54, 1.807) is 0 Å². The van der Waals surface area contributed by atoms with Crippen molar-refractivity contribution in [3.05, 3.63) is 65.5 Å². The normalized spacial score (nSPS) is 22.3. The van der Waals surface area contributed by atoms with E-state index in [0.29, 0.717) is 0 Å². The van der Waals surface area contributed by atoms with Gasteiger partial charge in [-0.2, -0.15) is 26.3 Å². The van der Waals surface area contributed by atoms with Crippen molar-refractivity contribution in [2.45, 2.75) is 49.3 Å². The summed E-state index contributed by atoms with van der Waals surface area (Å²) in [6, 6.07) is 13.1.